The van der Waals surface area contributed by atoms with Crippen molar-refractivity contribution in [3.8, 4) is 0 Å². The van der Waals surface area contributed by atoms with Crippen molar-refractivity contribution in [2.45, 2.75) is 26.7 Å². The predicted octanol–water partition coefficient (Wildman–Crippen LogP) is 3.91. The van der Waals surface area contributed by atoms with E-state index >= 15 is 0 Å². The van der Waals surface area contributed by atoms with Crippen molar-refractivity contribution in [2.24, 2.45) is 5.92 Å². The van der Waals surface area contributed by atoms with Crippen LogP contribution in [-0.2, 0) is 0 Å². The number of carbonyl (C=O) groups is 1. The van der Waals surface area contributed by atoms with Gasteiger partial charge < -0.3 is 0 Å². The molecule has 0 aliphatic rings. The first-order valence-electron chi connectivity index (χ1n) is 4.92. The van der Waals surface area contributed by atoms with Crippen LogP contribution in [-0.4, -0.2) is 5.78 Å². The Kier molecular flexibility index (Phi) is 4.58. The third kappa shape index (κ3) is 3.08. The van der Waals surface area contributed by atoms with Gasteiger partial charge in [-0.3, -0.25) is 4.79 Å². The number of ketones is 1. The van der Waals surface area contributed by atoms with E-state index in [-0.39, 0.29) is 5.78 Å². The highest BCUT2D eigenvalue weighted by Gasteiger charge is 2.11. The van der Waals surface area contributed by atoms with E-state index in [2.05, 4.69) is 36.4 Å². The molecule has 1 nitrogen and oxygen atoms in total. The molecule has 0 aliphatic carbocycles. The SMILES string of the molecule is CCC(C)CC(=O)c1ccccc1I. The monoisotopic (exact) mass is 302 g/mol. The standard InChI is InChI=1S/C12H15IO/c1-3-9(2)8-12(14)10-6-4-5-7-11(10)13/h4-7,9H,3,8H2,1-2H3. The highest BCUT2D eigenvalue weighted by atomic mass is 127. The molecule has 0 saturated heterocycles. The van der Waals surface area contributed by atoms with Crippen LogP contribution in [0.5, 0.6) is 0 Å². The summed E-state index contributed by atoms with van der Waals surface area (Å²) in [7, 11) is 0. The molecular weight excluding hydrogens is 287 g/mol. The van der Waals surface area contributed by atoms with Gasteiger partial charge in [-0.05, 0) is 34.6 Å². The van der Waals surface area contributed by atoms with Gasteiger partial charge in [-0.2, -0.15) is 0 Å². The van der Waals surface area contributed by atoms with Gasteiger partial charge in [0.25, 0.3) is 0 Å². The molecule has 0 aliphatic heterocycles. The summed E-state index contributed by atoms with van der Waals surface area (Å²) < 4.78 is 1.05. The summed E-state index contributed by atoms with van der Waals surface area (Å²) in [4.78, 5) is 11.8. The Hall–Kier alpha value is -0.380. The Bertz CT molecular complexity index is 320. The van der Waals surface area contributed by atoms with Gasteiger partial charge in [0.05, 0.1) is 0 Å². The Labute approximate surface area is 99.0 Å². The second-order valence-electron chi connectivity index (χ2n) is 3.62. The van der Waals surface area contributed by atoms with Crippen molar-refractivity contribution in [1.82, 2.24) is 0 Å². The molecule has 0 bridgehead atoms. The molecule has 1 unspecified atom stereocenters. The molecule has 14 heavy (non-hydrogen) atoms. The summed E-state index contributed by atoms with van der Waals surface area (Å²) in [5, 5.41) is 0. The summed E-state index contributed by atoms with van der Waals surface area (Å²) in [6.07, 6.45) is 1.73. The van der Waals surface area contributed by atoms with Crippen LogP contribution in [0, 0.1) is 9.49 Å². The molecule has 0 fully saturated rings. The fraction of sp³-hybridized carbons (Fsp3) is 0.417. The van der Waals surface area contributed by atoms with E-state index in [1.807, 2.05) is 24.3 Å². The lowest BCUT2D eigenvalue weighted by Crippen LogP contribution is -2.06. The zero-order valence-electron chi connectivity index (χ0n) is 8.59. The minimum Gasteiger partial charge on any atom is -0.294 e. The van der Waals surface area contributed by atoms with Crippen molar-refractivity contribution in [3.05, 3.63) is 33.4 Å². The van der Waals surface area contributed by atoms with Crippen molar-refractivity contribution in [1.29, 1.82) is 0 Å². The summed E-state index contributed by atoms with van der Waals surface area (Å²) in [6, 6.07) is 7.77. The zero-order valence-corrected chi connectivity index (χ0v) is 10.7. The first-order chi connectivity index (χ1) is 6.65. The van der Waals surface area contributed by atoms with Gasteiger partial charge in [-0.25, -0.2) is 0 Å². The molecule has 1 aromatic rings. The van der Waals surface area contributed by atoms with E-state index in [9.17, 15) is 4.79 Å². The topological polar surface area (TPSA) is 17.1 Å². The van der Waals surface area contributed by atoms with E-state index in [4.69, 9.17) is 0 Å². The number of Topliss-reactive ketones (excluding diaryl/α,β-unsaturated/α-hetero) is 1. The van der Waals surface area contributed by atoms with Gasteiger partial charge >= 0.3 is 0 Å². The molecule has 0 N–H and O–H groups in total. The van der Waals surface area contributed by atoms with Crippen LogP contribution in [0.4, 0.5) is 0 Å². The normalized spacial score (nSPS) is 12.5. The molecule has 1 rings (SSSR count). The summed E-state index contributed by atoms with van der Waals surface area (Å²) >= 11 is 2.21. The number of carbonyl (C=O) groups excluding carboxylic acids is 1. The minimum atomic E-state index is 0.268. The van der Waals surface area contributed by atoms with Crippen LogP contribution < -0.4 is 0 Å². The Balaban J connectivity index is 2.75. The van der Waals surface area contributed by atoms with Crippen molar-refractivity contribution >= 4 is 28.4 Å². The number of halogens is 1. The Morgan fingerprint density at radius 3 is 2.64 bits per heavy atom. The first-order valence-corrected chi connectivity index (χ1v) is 6.00. The molecule has 0 spiro atoms. The summed E-state index contributed by atoms with van der Waals surface area (Å²) in [5.74, 6) is 0.753. The quantitative estimate of drug-likeness (QED) is 0.609. The van der Waals surface area contributed by atoms with E-state index in [0.29, 0.717) is 12.3 Å². The summed E-state index contributed by atoms with van der Waals surface area (Å²) in [6.45, 7) is 4.24. The molecule has 2 heteroatoms. The lowest BCUT2D eigenvalue weighted by molar-refractivity contribution is 0.0963. The lowest BCUT2D eigenvalue weighted by atomic mass is 9.98. The molecule has 1 aromatic carbocycles. The van der Waals surface area contributed by atoms with Gasteiger partial charge in [0.1, 0.15) is 0 Å². The van der Waals surface area contributed by atoms with Crippen molar-refractivity contribution in [3.63, 3.8) is 0 Å². The van der Waals surface area contributed by atoms with Gasteiger partial charge in [-0.15, -0.1) is 0 Å². The van der Waals surface area contributed by atoms with Crippen LogP contribution in [0.25, 0.3) is 0 Å². The van der Waals surface area contributed by atoms with Crippen molar-refractivity contribution in [2.75, 3.05) is 0 Å². The third-order valence-electron chi connectivity index (χ3n) is 2.41. The predicted molar refractivity (Wildman–Crippen MR) is 67.6 cm³/mol. The number of hydrogen-bond acceptors (Lipinski definition) is 1. The molecule has 0 heterocycles. The molecule has 0 saturated carbocycles. The second-order valence-corrected chi connectivity index (χ2v) is 4.78. The van der Waals surface area contributed by atoms with Gasteiger partial charge in [0.2, 0.25) is 0 Å². The molecule has 0 amide bonds. The van der Waals surface area contributed by atoms with Crippen LogP contribution in [0.15, 0.2) is 24.3 Å². The average Bonchev–Trinajstić information content (AvgIpc) is 2.18. The molecule has 0 radical (unpaired) electrons. The van der Waals surface area contributed by atoms with Crippen LogP contribution in [0.1, 0.15) is 37.0 Å². The average molecular weight is 302 g/mol. The summed E-state index contributed by atoms with van der Waals surface area (Å²) in [5.41, 5.74) is 0.869. The van der Waals surface area contributed by atoms with Gasteiger partial charge in [0.15, 0.2) is 5.78 Å². The molecule has 76 valence electrons. The number of hydrogen-bond donors (Lipinski definition) is 0. The van der Waals surface area contributed by atoms with E-state index in [0.717, 1.165) is 15.6 Å². The van der Waals surface area contributed by atoms with Crippen LogP contribution >= 0.6 is 22.6 Å². The fourth-order valence-corrected chi connectivity index (χ4v) is 1.95. The molecular formula is C12H15IO. The zero-order chi connectivity index (χ0) is 10.6. The maximum absolute atomic E-state index is 11.8. The van der Waals surface area contributed by atoms with E-state index < -0.39 is 0 Å². The van der Waals surface area contributed by atoms with Gasteiger partial charge in [-0.1, -0.05) is 38.5 Å². The van der Waals surface area contributed by atoms with E-state index in [1.54, 1.807) is 0 Å². The van der Waals surface area contributed by atoms with Crippen molar-refractivity contribution < 1.29 is 4.79 Å². The van der Waals surface area contributed by atoms with Crippen LogP contribution in [0.3, 0.4) is 0 Å². The second kappa shape index (κ2) is 5.49. The Morgan fingerprint density at radius 1 is 1.43 bits per heavy atom. The number of benzene rings is 1. The largest absolute Gasteiger partial charge is 0.294 e. The Morgan fingerprint density at radius 2 is 2.07 bits per heavy atom. The minimum absolute atomic E-state index is 0.268. The highest BCUT2D eigenvalue weighted by Crippen LogP contribution is 2.17. The van der Waals surface area contributed by atoms with Crippen LogP contribution in [0.2, 0.25) is 0 Å². The smallest absolute Gasteiger partial charge is 0.164 e. The number of rotatable bonds is 4. The maximum Gasteiger partial charge on any atom is 0.164 e. The molecule has 0 aromatic heterocycles. The third-order valence-corrected chi connectivity index (χ3v) is 3.35. The molecule has 1 atom stereocenters. The van der Waals surface area contributed by atoms with E-state index in [1.165, 1.54) is 0 Å². The lowest BCUT2D eigenvalue weighted by Gasteiger charge is -2.08. The van der Waals surface area contributed by atoms with Gasteiger partial charge in [0, 0.05) is 15.6 Å². The fourth-order valence-electron chi connectivity index (χ4n) is 1.26. The highest BCUT2D eigenvalue weighted by molar-refractivity contribution is 14.1. The first kappa shape index (κ1) is 11.7. The maximum atomic E-state index is 11.8.